The summed E-state index contributed by atoms with van der Waals surface area (Å²) in [5, 5.41) is 0. The van der Waals surface area contributed by atoms with Crippen LogP contribution in [-0.2, 0) is 4.79 Å². The van der Waals surface area contributed by atoms with Gasteiger partial charge in [-0.3, -0.25) is 4.79 Å². The van der Waals surface area contributed by atoms with Crippen LogP contribution in [0.25, 0.3) is 0 Å². The standard InChI is InChI=1S/C13H15F3N2O/c1-6(2)18-12(19)5-11(17)13(18)7-3-9(15)10(16)4-8(7)14/h3-4,6,11,13H,5,17H2,1-2H3. The van der Waals surface area contributed by atoms with Gasteiger partial charge in [-0.2, -0.15) is 0 Å². The molecule has 19 heavy (non-hydrogen) atoms. The van der Waals surface area contributed by atoms with Gasteiger partial charge in [0, 0.05) is 30.1 Å². The number of benzene rings is 1. The highest BCUT2D eigenvalue weighted by Gasteiger charge is 2.41. The molecule has 6 heteroatoms. The molecule has 0 spiro atoms. The monoisotopic (exact) mass is 272 g/mol. The van der Waals surface area contributed by atoms with E-state index in [1.165, 1.54) is 4.90 Å². The second kappa shape index (κ2) is 4.85. The maximum absolute atomic E-state index is 13.8. The number of hydrogen-bond donors (Lipinski definition) is 1. The topological polar surface area (TPSA) is 46.3 Å². The van der Waals surface area contributed by atoms with Gasteiger partial charge in [-0.25, -0.2) is 13.2 Å². The van der Waals surface area contributed by atoms with Crippen molar-refractivity contribution in [1.82, 2.24) is 4.90 Å². The van der Waals surface area contributed by atoms with Crippen LogP contribution in [-0.4, -0.2) is 22.9 Å². The summed E-state index contributed by atoms with van der Waals surface area (Å²) >= 11 is 0. The number of hydrogen-bond acceptors (Lipinski definition) is 2. The van der Waals surface area contributed by atoms with Gasteiger partial charge in [0.2, 0.25) is 5.91 Å². The normalized spacial score (nSPS) is 23.5. The maximum atomic E-state index is 13.8. The minimum Gasteiger partial charge on any atom is -0.331 e. The number of halogens is 3. The molecule has 2 atom stereocenters. The Labute approximate surface area is 109 Å². The van der Waals surface area contributed by atoms with Gasteiger partial charge in [-0.15, -0.1) is 0 Å². The third kappa shape index (κ3) is 2.32. The fourth-order valence-electron chi connectivity index (χ4n) is 2.53. The number of rotatable bonds is 2. The van der Waals surface area contributed by atoms with E-state index >= 15 is 0 Å². The molecule has 3 nitrogen and oxygen atoms in total. The zero-order valence-corrected chi connectivity index (χ0v) is 10.7. The van der Waals surface area contributed by atoms with E-state index in [2.05, 4.69) is 0 Å². The molecule has 0 saturated carbocycles. The van der Waals surface area contributed by atoms with Gasteiger partial charge in [0.05, 0.1) is 6.04 Å². The predicted molar refractivity (Wildman–Crippen MR) is 63.6 cm³/mol. The highest BCUT2D eigenvalue weighted by atomic mass is 19.2. The first kappa shape index (κ1) is 13.9. The predicted octanol–water partition coefficient (Wildman–Crippen LogP) is 2.11. The molecule has 1 aliphatic rings. The molecule has 1 heterocycles. The summed E-state index contributed by atoms with van der Waals surface area (Å²) < 4.78 is 40.0. The van der Waals surface area contributed by atoms with Crippen LogP contribution in [0.1, 0.15) is 31.9 Å². The van der Waals surface area contributed by atoms with Gasteiger partial charge in [0.1, 0.15) is 5.82 Å². The van der Waals surface area contributed by atoms with E-state index in [4.69, 9.17) is 5.73 Å². The Balaban J connectivity index is 2.50. The molecule has 2 N–H and O–H groups in total. The second-order valence-electron chi connectivity index (χ2n) is 5.00. The third-order valence-corrected chi connectivity index (χ3v) is 3.32. The lowest BCUT2D eigenvalue weighted by Gasteiger charge is -2.31. The van der Waals surface area contributed by atoms with Crippen molar-refractivity contribution in [3.63, 3.8) is 0 Å². The van der Waals surface area contributed by atoms with Gasteiger partial charge >= 0.3 is 0 Å². The molecule has 0 radical (unpaired) electrons. The smallest absolute Gasteiger partial charge is 0.225 e. The van der Waals surface area contributed by atoms with Crippen molar-refractivity contribution in [2.24, 2.45) is 5.73 Å². The lowest BCUT2D eigenvalue weighted by molar-refractivity contribution is -0.130. The van der Waals surface area contributed by atoms with Crippen LogP contribution in [0, 0.1) is 17.5 Å². The molecular formula is C13H15F3N2O. The first-order valence-corrected chi connectivity index (χ1v) is 6.04. The van der Waals surface area contributed by atoms with Gasteiger partial charge in [0.25, 0.3) is 0 Å². The molecule has 1 amide bonds. The highest BCUT2D eigenvalue weighted by molar-refractivity contribution is 5.80. The average molecular weight is 272 g/mol. The summed E-state index contributed by atoms with van der Waals surface area (Å²) in [4.78, 5) is 13.2. The molecule has 0 aromatic heterocycles. The molecule has 0 aliphatic carbocycles. The van der Waals surface area contributed by atoms with Crippen LogP contribution in [0.2, 0.25) is 0 Å². The number of carbonyl (C=O) groups is 1. The Morgan fingerprint density at radius 2 is 1.79 bits per heavy atom. The number of carbonyl (C=O) groups excluding carboxylic acids is 1. The Hall–Kier alpha value is -1.56. The van der Waals surface area contributed by atoms with Crippen molar-refractivity contribution in [3.05, 3.63) is 35.1 Å². The van der Waals surface area contributed by atoms with E-state index in [9.17, 15) is 18.0 Å². The summed E-state index contributed by atoms with van der Waals surface area (Å²) in [5.41, 5.74) is 5.76. The molecule has 1 fully saturated rings. The number of amides is 1. The summed E-state index contributed by atoms with van der Waals surface area (Å²) in [6, 6.07) is -0.322. The number of likely N-dealkylation sites (tertiary alicyclic amines) is 1. The maximum Gasteiger partial charge on any atom is 0.225 e. The van der Waals surface area contributed by atoms with Crippen LogP contribution in [0.4, 0.5) is 13.2 Å². The molecule has 1 aliphatic heterocycles. The fraction of sp³-hybridized carbons (Fsp3) is 0.462. The second-order valence-corrected chi connectivity index (χ2v) is 5.00. The Bertz CT molecular complexity index is 519. The minimum absolute atomic E-state index is 0.0707. The largest absolute Gasteiger partial charge is 0.331 e. The van der Waals surface area contributed by atoms with Gasteiger partial charge in [0.15, 0.2) is 11.6 Å². The van der Waals surface area contributed by atoms with Gasteiger partial charge in [-0.1, -0.05) is 0 Å². The zero-order valence-electron chi connectivity index (χ0n) is 10.7. The van der Waals surface area contributed by atoms with E-state index in [-0.39, 0.29) is 23.9 Å². The van der Waals surface area contributed by atoms with Crippen LogP contribution in [0.3, 0.4) is 0 Å². The van der Waals surface area contributed by atoms with Gasteiger partial charge < -0.3 is 10.6 Å². The highest BCUT2D eigenvalue weighted by Crippen LogP contribution is 2.35. The number of nitrogens with two attached hydrogens (primary N) is 1. The van der Waals surface area contributed by atoms with E-state index in [1.54, 1.807) is 13.8 Å². The SMILES string of the molecule is CC(C)N1C(=O)CC(N)C1c1cc(F)c(F)cc1F. The molecule has 1 aromatic rings. The third-order valence-electron chi connectivity index (χ3n) is 3.32. The van der Waals surface area contributed by atoms with Crippen LogP contribution >= 0.6 is 0 Å². The van der Waals surface area contributed by atoms with Gasteiger partial charge in [-0.05, 0) is 19.9 Å². The Kier molecular flexibility index (Phi) is 3.54. The van der Waals surface area contributed by atoms with E-state index in [1.807, 2.05) is 0 Å². The summed E-state index contributed by atoms with van der Waals surface area (Å²) in [7, 11) is 0. The molecular weight excluding hydrogens is 257 g/mol. The minimum atomic E-state index is -1.25. The lowest BCUT2D eigenvalue weighted by atomic mass is 9.99. The van der Waals surface area contributed by atoms with E-state index in [0.717, 1.165) is 6.07 Å². The van der Waals surface area contributed by atoms with E-state index in [0.29, 0.717) is 6.07 Å². The molecule has 1 saturated heterocycles. The molecule has 0 bridgehead atoms. The van der Waals surface area contributed by atoms with Crippen LogP contribution < -0.4 is 5.73 Å². The summed E-state index contributed by atoms with van der Waals surface area (Å²) in [5.74, 6) is -3.50. The molecule has 1 aromatic carbocycles. The first-order valence-electron chi connectivity index (χ1n) is 6.04. The van der Waals surface area contributed by atoms with Crippen LogP contribution in [0.5, 0.6) is 0 Å². The summed E-state index contributed by atoms with van der Waals surface area (Å²) in [6.45, 7) is 3.53. The Morgan fingerprint density at radius 3 is 2.37 bits per heavy atom. The van der Waals surface area contributed by atoms with Crippen molar-refractivity contribution < 1.29 is 18.0 Å². The van der Waals surface area contributed by atoms with Crippen molar-refractivity contribution >= 4 is 5.91 Å². The van der Waals surface area contributed by atoms with Crippen molar-refractivity contribution in [1.29, 1.82) is 0 Å². The van der Waals surface area contributed by atoms with Crippen LogP contribution in [0.15, 0.2) is 12.1 Å². The van der Waals surface area contributed by atoms with Crippen molar-refractivity contribution in [2.75, 3.05) is 0 Å². The lowest BCUT2D eigenvalue weighted by Crippen LogP contribution is -2.38. The number of nitrogens with zero attached hydrogens (tertiary/aromatic N) is 1. The fourth-order valence-corrected chi connectivity index (χ4v) is 2.53. The quantitative estimate of drug-likeness (QED) is 0.838. The molecule has 2 unspecified atom stereocenters. The first-order chi connectivity index (χ1) is 8.82. The molecule has 2 rings (SSSR count). The summed E-state index contributed by atoms with van der Waals surface area (Å²) in [6.07, 6.45) is 0.0707. The van der Waals surface area contributed by atoms with E-state index < -0.39 is 29.5 Å². The molecule has 104 valence electrons. The van der Waals surface area contributed by atoms with Crippen molar-refractivity contribution in [3.8, 4) is 0 Å². The zero-order chi connectivity index (χ0) is 14.3. The average Bonchev–Trinajstić information content (AvgIpc) is 2.59. The Morgan fingerprint density at radius 1 is 1.21 bits per heavy atom. The van der Waals surface area contributed by atoms with Crippen molar-refractivity contribution in [2.45, 2.75) is 38.4 Å².